The van der Waals surface area contributed by atoms with Gasteiger partial charge in [0.15, 0.2) is 5.76 Å². The fourth-order valence-corrected chi connectivity index (χ4v) is 2.36. The Kier molecular flexibility index (Phi) is 3.54. The zero-order valence-corrected chi connectivity index (χ0v) is 12.8. The molecule has 0 bridgehead atoms. The average molecular weight is 321 g/mol. The van der Waals surface area contributed by atoms with Crippen molar-refractivity contribution in [2.45, 2.75) is 6.42 Å². The van der Waals surface area contributed by atoms with Crippen LogP contribution in [0.15, 0.2) is 53.1 Å². The van der Waals surface area contributed by atoms with Crippen molar-refractivity contribution >= 4 is 17.7 Å². The maximum absolute atomic E-state index is 5.95. The van der Waals surface area contributed by atoms with E-state index in [0.717, 1.165) is 6.42 Å². The van der Waals surface area contributed by atoms with E-state index >= 15 is 0 Å². The number of rotatable bonds is 5. The molecule has 4 aromatic rings. The zero-order chi connectivity index (χ0) is 16.4. The summed E-state index contributed by atoms with van der Waals surface area (Å²) in [6, 6.07) is 13.7. The summed E-state index contributed by atoms with van der Waals surface area (Å²) in [4.78, 5) is 12.9. The summed E-state index contributed by atoms with van der Waals surface area (Å²) in [5, 5.41) is 7.42. The van der Waals surface area contributed by atoms with Gasteiger partial charge in [-0.3, -0.25) is 0 Å². The SMILES string of the molecule is Nc1nc(NCCc2ccccc2)nc2nc(-c3ccco3)nn12. The maximum atomic E-state index is 5.95. The molecule has 0 aliphatic rings. The van der Waals surface area contributed by atoms with E-state index in [1.165, 1.54) is 10.1 Å². The van der Waals surface area contributed by atoms with Crippen LogP contribution in [0.3, 0.4) is 0 Å². The normalized spacial score (nSPS) is 11.0. The molecule has 0 spiro atoms. The summed E-state index contributed by atoms with van der Waals surface area (Å²) in [6.45, 7) is 0.693. The Morgan fingerprint density at radius 2 is 1.92 bits per heavy atom. The molecular formula is C16H15N7O. The highest BCUT2D eigenvalue weighted by Gasteiger charge is 2.13. The minimum Gasteiger partial charge on any atom is -0.461 e. The Balaban J connectivity index is 1.54. The molecule has 3 aromatic heterocycles. The van der Waals surface area contributed by atoms with E-state index in [-0.39, 0.29) is 5.95 Å². The Morgan fingerprint density at radius 3 is 2.71 bits per heavy atom. The molecular weight excluding hydrogens is 306 g/mol. The lowest BCUT2D eigenvalue weighted by molar-refractivity contribution is 0.577. The Hall–Kier alpha value is -3.42. The Labute approximate surface area is 137 Å². The summed E-state index contributed by atoms with van der Waals surface area (Å²) < 4.78 is 6.68. The minimum atomic E-state index is 0.215. The van der Waals surface area contributed by atoms with Gasteiger partial charge in [-0.1, -0.05) is 30.3 Å². The van der Waals surface area contributed by atoms with Crippen LogP contribution in [0, 0.1) is 0 Å². The van der Waals surface area contributed by atoms with Crippen LogP contribution in [0.5, 0.6) is 0 Å². The third-order valence-electron chi connectivity index (χ3n) is 3.51. The largest absolute Gasteiger partial charge is 0.461 e. The van der Waals surface area contributed by atoms with E-state index in [9.17, 15) is 0 Å². The fourth-order valence-electron chi connectivity index (χ4n) is 2.36. The van der Waals surface area contributed by atoms with E-state index in [1.807, 2.05) is 18.2 Å². The number of aromatic nitrogens is 5. The molecule has 0 saturated carbocycles. The molecule has 0 fully saturated rings. The standard InChI is InChI=1S/C16H15N7O/c17-14-20-15(18-9-8-11-5-2-1-3-6-11)21-16-19-13(22-23(14)16)12-7-4-10-24-12/h1-7,10H,8-9H2,(H3,17,18,19,20,21,22). The second-order valence-corrected chi connectivity index (χ2v) is 5.19. The van der Waals surface area contributed by atoms with Crippen molar-refractivity contribution in [3.05, 3.63) is 54.3 Å². The van der Waals surface area contributed by atoms with E-state index < -0.39 is 0 Å². The van der Waals surface area contributed by atoms with Gasteiger partial charge in [0.25, 0.3) is 5.78 Å². The maximum Gasteiger partial charge on any atom is 0.259 e. The number of benzene rings is 1. The molecule has 0 radical (unpaired) electrons. The van der Waals surface area contributed by atoms with E-state index in [4.69, 9.17) is 10.2 Å². The summed E-state index contributed by atoms with van der Waals surface area (Å²) in [5.74, 6) is 1.99. The first-order valence-electron chi connectivity index (χ1n) is 7.51. The van der Waals surface area contributed by atoms with Crippen molar-refractivity contribution in [1.82, 2.24) is 24.6 Å². The molecule has 1 aromatic carbocycles. The second kappa shape index (κ2) is 5.99. The molecule has 120 valence electrons. The predicted molar refractivity (Wildman–Crippen MR) is 89.3 cm³/mol. The number of hydrogen-bond acceptors (Lipinski definition) is 7. The molecule has 0 aliphatic heterocycles. The number of nitrogens with one attached hydrogen (secondary N) is 1. The van der Waals surface area contributed by atoms with Gasteiger partial charge in [-0.2, -0.15) is 19.5 Å². The first kappa shape index (κ1) is 14.2. The summed E-state index contributed by atoms with van der Waals surface area (Å²) >= 11 is 0. The molecule has 0 unspecified atom stereocenters. The lowest BCUT2D eigenvalue weighted by Gasteiger charge is -2.05. The van der Waals surface area contributed by atoms with Gasteiger partial charge < -0.3 is 15.5 Å². The van der Waals surface area contributed by atoms with Crippen molar-refractivity contribution < 1.29 is 4.42 Å². The summed E-state index contributed by atoms with van der Waals surface area (Å²) in [5.41, 5.74) is 7.18. The first-order valence-corrected chi connectivity index (χ1v) is 7.51. The lowest BCUT2D eigenvalue weighted by Crippen LogP contribution is -2.12. The molecule has 4 rings (SSSR count). The molecule has 0 aliphatic carbocycles. The third kappa shape index (κ3) is 2.76. The Morgan fingerprint density at radius 1 is 1.04 bits per heavy atom. The van der Waals surface area contributed by atoms with Crippen molar-refractivity contribution in [2.24, 2.45) is 0 Å². The molecule has 8 heteroatoms. The second-order valence-electron chi connectivity index (χ2n) is 5.19. The van der Waals surface area contributed by atoms with Crippen LogP contribution in [-0.2, 0) is 6.42 Å². The van der Waals surface area contributed by atoms with Crippen molar-refractivity contribution in [3.63, 3.8) is 0 Å². The van der Waals surface area contributed by atoms with Crippen LogP contribution >= 0.6 is 0 Å². The van der Waals surface area contributed by atoms with E-state index in [0.29, 0.717) is 29.9 Å². The first-order chi connectivity index (χ1) is 11.8. The van der Waals surface area contributed by atoms with Crippen molar-refractivity contribution in [3.8, 4) is 11.6 Å². The van der Waals surface area contributed by atoms with Gasteiger partial charge in [-0.05, 0) is 24.1 Å². The molecule has 3 heterocycles. The number of furan rings is 1. The molecule has 0 amide bonds. The average Bonchev–Trinajstić information content (AvgIpc) is 3.25. The molecule has 24 heavy (non-hydrogen) atoms. The van der Waals surface area contributed by atoms with E-state index in [2.05, 4.69) is 37.5 Å². The van der Waals surface area contributed by atoms with Gasteiger partial charge in [0.2, 0.25) is 17.7 Å². The van der Waals surface area contributed by atoms with Crippen molar-refractivity contribution in [1.29, 1.82) is 0 Å². The monoisotopic (exact) mass is 321 g/mol. The number of nitrogens with two attached hydrogens (primary N) is 1. The Bertz CT molecular complexity index is 947. The van der Waals surface area contributed by atoms with Crippen LogP contribution in [0.1, 0.15) is 5.56 Å². The van der Waals surface area contributed by atoms with Crippen LogP contribution in [-0.4, -0.2) is 31.1 Å². The van der Waals surface area contributed by atoms with E-state index in [1.54, 1.807) is 18.4 Å². The van der Waals surface area contributed by atoms with Crippen LogP contribution in [0.4, 0.5) is 11.9 Å². The smallest absolute Gasteiger partial charge is 0.259 e. The third-order valence-corrected chi connectivity index (χ3v) is 3.51. The molecule has 0 saturated heterocycles. The molecule has 8 nitrogen and oxygen atoms in total. The quantitative estimate of drug-likeness (QED) is 0.579. The fraction of sp³-hybridized carbons (Fsp3) is 0.125. The van der Waals surface area contributed by atoms with Crippen LogP contribution in [0.2, 0.25) is 0 Å². The number of hydrogen-bond donors (Lipinski definition) is 2. The van der Waals surface area contributed by atoms with Gasteiger partial charge in [-0.25, -0.2) is 0 Å². The highest BCUT2D eigenvalue weighted by molar-refractivity contribution is 5.52. The summed E-state index contributed by atoms with van der Waals surface area (Å²) in [6.07, 6.45) is 2.42. The molecule has 0 atom stereocenters. The number of fused-ring (bicyclic) bond motifs is 1. The van der Waals surface area contributed by atoms with Crippen LogP contribution in [0.25, 0.3) is 17.4 Å². The molecule has 3 N–H and O–H groups in total. The minimum absolute atomic E-state index is 0.215. The van der Waals surface area contributed by atoms with Gasteiger partial charge in [0.1, 0.15) is 0 Å². The van der Waals surface area contributed by atoms with Gasteiger partial charge >= 0.3 is 0 Å². The lowest BCUT2D eigenvalue weighted by atomic mass is 10.1. The highest BCUT2D eigenvalue weighted by atomic mass is 16.3. The van der Waals surface area contributed by atoms with Crippen molar-refractivity contribution in [2.75, 3.05) is 17.6 Å². The highest BCUT2D eigenvalue weighted by Crippen LogP contribution is 2.17. The zero-order valence-electron chi connectivity index (χ0n) is 12.8. The van der Waals surface area contributed by atoms with Crippen LogP contribution < -0.4 is 11.1 Å². The van der Waals surface area contributed by atoms with Gasteiger partial charge in [0, 0.05) is 6.54 Å². The number of nitrogens with zero attached hydrogens (tertiary/aromatic N) is 5. The number of nitrogen functional groups attached to an aromatic ring is 1. The summed E-state index contributed by atoms with van der Waals surface area (Å²) in [7, 11) is 0. The number of anilines is 2. The topological polar surface area (TPSA) is 107 Å². The predicted octanol–water partition coefficient (Wildman–Crippen LogP) is 2.02. The van der Waals surface area contributed by atoms with Gasteiger partial charge in [0.05, 0.1) is 6.26 Å². The van der Waals surface area contributed by atoms with Gasteiger partial charge in [-0.15, -0.1) is 5.10 Å².